The number of fused-ring (bicyclic) bond motifs is 1. The number of hydrogen-bond donors (Lipinski definition) is 2. The van der Waals surface area contributed by atoms with Crippen molar-refractivity contribution in [1.82, 2.24) is 20.3 Å². The average molecular weight is 239 g/mol. The largest absolute Gasteiger partial charge is 0.357 e. The van der Waals surface area contributed by atoms with Crippen LogP contribution in [0.25, 0.3) is 11.0 Å². The highest BCUT2D eigenvalue weighted by Crippen LogP contribution is 2.20. The van der Waals surface area contributed by atoms with Gasteiger partial charge in [0.15, 0.2) is 5.15 Å². The molecule has 2 rings (SSSR count). The van der Waals surface area contributed by atoms with Crippen LogP contribution in [-0.4, -0.2) is 26.9 Å². The van der Waals surface area contributed by atoms with Crippen molar-refractivity contribution in [3.8, 4) is 0 Å². The Labute approximate surface area is 97.2 Å². The van der Waals surface area contributed by atoms with Crippen LogP contribution in [0, 0.1) is 0 Å². The molecular weight excluding hydrogens is 228 g/mol. The maximum atomic E-state index is 11.8. The van der Waals surface area contributed by atoms with Gasteiger partial charge in [0, 0.05) is 12.2 Å². The molecule has 2 N–H and O–H groups in total. The van der Waals surface area contributed by atoms with E-state index in [4.69, 9.17) is 11.6 Å². The number of aromatic nitrogens is 3. The van der Waals surface area contributed by atoms with Gasteiger partial charge in [0.25, 0.3) is 5.91 Å². The van der Waals surface area contributed by atoms with Crippen LogP contribution in [0.3, 0.4) is 0 Å². The van der Waals surface area contributed by atoms with Crippen LogP contribution in [0.1, 0.15) is 24.2 Å². The molecular formula is C10H11ClN4O. The van der Waals surface area contributed by atoms with Crippen molar-refractivity contribution in [3.63, 3.8) is 0 Å². The van der Waals surface area contributed by atoms with Gasteiger partial charge in [0.1, 0.15) is 17.4 Å². The van der Waals surface area contributed by atoms with Crippen molar-refractivity contribution in [3.05, 3.63) is 23.2 Å². The predicted molar refractivity (Wildman–Crippen MR) is 61.5 cm³/mol. The number of aromatic amines is 1. The number of amides is 1. The van der Waals surface area contributed by atoms with Crippen LogP contribution in [0.4, 0.5) is 0 Å². The SMILES string of the molecule is CC(C)NC(=O)c1c[nH]c2c(Cl)ncnc12. The second kappa shape index (κ2) is 4.09. The summed E-state index contributed by atoms with van der Waals surface area (Å²) in [7, 11) is 0. The van der Waals surface area contributed by atoms with Gasteiger partial charge in [-0.1, -0.05) is 11.6 Å². The number of nitrogens with one attached hydrogen (secondary N) is 2. The Morgan fingerprint density at radius 1 is 1.50 bits per heavy atom. The molecule has 16 heavy (non-hydrogen) atoms. The minimum atomic E-state index is -0.170. The molecule has 0 atom stereocenters. The molecule has 5 nitrogen and oxygen atoms in total. The number of carbonyl (C=O) groups excluding carboxylic acids is 1. The number of carbonyl (C=O) groups is 1. The Hall–Kier alpha value is -1.62. The molecule has 0 saturated heterocycles. The molecule has 2 aromatic heterocycles. The third-order valence-electron chi connectivity index (χ3n) is 2.08. The van der Waals surface area contributed by atoms with Gasteiger partial charge in [0.05, 0.1) is 5.56 Å². The summed E-state index contributed by atoms with van der Waals surface area (Å²) < 4.78 is 0. The fourth-order valence-electron chi connectivity index (χ4n) is 1.42. The molecule has 0 fully saturated rings. The highest BCUT2D eigenvalue weighted by atomic mass is 35.5. The molecule has 0 aliphatic carbocycles. The van der Waals surface area contributed by atoms with E-state index in [1.807, 2.05) is 13.8 Å². The average Bonchev–Trinajstić information content (AvgIpc) is 2.61. The van der Waals surface area contributed by atoms with Gasteiger partial charge in [-0.3, -0.25) is 4.79 Å². The highest BCUT2D eigenvalue weighted by molar-refractivity contribution is 6.34. The quantitative estimate of drug-likeness (QED) is 0.783. The second-order valence-corrected chi connectivity index (χ2v) is 4.08. The molecule has 6 heteroatoms. The summed E-state index contributed by atoms with van der Waals surface area (Å²) in [6.45, 7) is 3.80. The Bertz CT molecular complexity index is 535. The van der Waals surface area contributed by atoms with E-state index in [1.165, 1.54) is 6.33 Å². The topological polar surface area (TPSA) is 70.7 Å². The standard InChI is InChI=1S/C10H11ClN4O/c1-5(2)15-10(16)6-3-12-8-7(6)13-4-14-9(8)11/h3-5,12H,1-2H3,(H,15,16). The maximum absolute atomic E-state index is 11.8. The zero-order valence-electron chi connectivity index (χ0n) is 8.91. The highest BCUT2D eigenvalue weighted by Gasteiger charge is 2.15. The van der Waals surface area contributed by atoms with Crippen molar-refractivity contribution in [2.24, 2.45) is 0 Å². The first-order chi connectivity index (χ1) is 7.59. The lowest BCUT2D eigenvalue weighted by atomic mass is 10.2. The van der Waals surface area contributed by atoms with Crippen molar-refractivity contribution >= 4 is 28.5 Å². The summed E-state index contributed by atoms with van der Waals surface area (Å²) in [4.78, 5) is 22.6. The first-order valence-corrected chi connectivity index (χ1v) is 5.26. The number of halogens is 1. The summed E-state index contributed by atoms with van der Waals surface area (Å²) in [5.41, 5.74) is 1.60. The van der Waals surface area contributed by atoms with E-state index in [1.54, 1.807) is 6.20 Å². The number of nitrogens with zero attached hydrogens (tertiary/aromatic N) is 2. The van der Waals surface area contributed by atoms with Crippen molar-refractivity contribution < 1.29 is 4.79 Å². The minimum Gasteiger partial charge on any atom is -0.357 e. The van der Waals surface area contributed by atoms with E-state index < -0.39 is 0 Å². The van der Waals surface area contributed by atoms with E-state index in [-0.39, 0.29) is 11.9 Å². The van der Waals surface area contributed by atoms with Gasteiger partial charge in [-0.25, -0.2) is 9.97 Å². The van der Waals surface area contributed by atoms with Gasteiger partial charge in [-0.05, 0) is 13.8 Å². The van der Waals surface area contributed by atoms with Crippen LogP contribution >= 0.6 is 11.6 Å². The first-order valence-electron chi connectivity index (χ1n) is 4.88. The predicted octanol–water partition coefficient (Wildman–Crippen LogP) is 1.75. The Morgan fingerprint density at radius 3 is 2.94 bits per heavy atom. The van der Waals surface area contributed by atoms with Crippen molar-refractivity contribution in [1.29, 1.82) is 0 Å². The van der Waals surface area contributed by atoms with Gasteiger partial charge >= 0.3 is 0 Å². The number of H-pyrrole nitrogens is 1. The van der Waals surface area contributed by atoms with Crippen LogP contribution in [0.5, 0.6) is 0 Å². The number of hydrogen-bond acceptors (Lipinski definition) is 3. The molecule has 1 amide bonds. The number of rotatable bonds is 2. The van der Waals surface area contributed by atoms with E-state index >= 15 is 0 Å². The third-order valence-corrected chi connectivity index (χ3v) is 2.37. The Morgan fingerprint density at radius 2 is 2.25 bits per heavy atom. The minimum absolute atomic E-state index is 0.0785. The summed E-state index contributed by atoms with van der Waals surface area (Å²) >= 11 is 5.87. The molecule has 0 aliphatic heterocycles. The van der Waals surface area contributed by atoms with Gasteiger partial charge in [-0.2, -0.15) is 0 Å². The summed E-state index contributed by atoms with van der Waals surface area (Å²) in [6, 6.07) is 0.0785. The zero-order chi connectivity index (χ0) is 11.7. The van der Waals surface area contributed by atoms with Gasteiger partial charge in [-0.15, -0.1) is 0 Å². The van der Waals surface area contributed by atoms with Crippen molar-refractivity contribution in [2.75, 3.05) is 0 Å². The van der Waals surface area contributed by atoms with Crippen LogP contribution < -0.4 is 5.32 Å². The second-order valence-electron chi connectivity index (χ2n) is 3.72. The molecule has 0 bridgehead atoms. The fourth-order valence-corrected chi connectivity index (χ4v) is 1.61. The van der Waals surface area contributed by atoms with Crippen LogP contribution in [0.15, 0.2) is 12.5 Å². The summed E-state index contributed by atoms with van der Waals surface area (Å²) in [5, 5.41) is 3.11. The molecule has 0 radical (unpaired) electrons. The normalized spacial score (nSPS) is 11.0. The van der Waals surface area contributed by atoms with E-state index in [9.17, 15) is 4.79 Å². The molecule has 84 valence electrons. The molecule has 2 aromatic rings. The third kappa shape index (κ3) is 1.86. The lowest BCUT2D eigenvalue weighted by Crippen LogP contribution is -2.29. The van der Waals surface area contributed by atoms with E-state index in [2.05, 4.69) is 20.3 Å². The lowest BCUT2D eigenvalue weighted by molar-refractivity contribution is 0.0944. The molecule has 2 heterocycles. The summed E-state index contributed by atoms with van der Waals surface area (Å²) in [6.07, 6.45) is 2.92. The molecule has 0 aromatic carbocycles. The van der Waals surface area contributed by atoms with E-state index in [0.29, 0.717) is 21.7 Å². The van der Waals surface area contributed by atoms with Gasteiger partial charge in [0.2, 0.25) is 0 Å². The summed E-state index contributed by atoms with van der Waals surface area (Å²) in [5.74, 6) is -0.170. The maximum Gasteiger partial charge on any atom is 0.255 e. The molecule has 0 spiro atoms. The first kappa shape index (κ1) is 10.9. The van der Waals surface area contributed by atoms with Crippen molar-refractivity contribution in [2.45, 2.75) is 19.9 Å². The lowest BCUT2D eigenvalue weighted by Gasteiger charge is -2.06. The zero-order valence-corrected chi connectivity index (χ0v) is 9.67. The fraction of sp³-hybridized carbons (Fsp3) is 0.300. The molecule has 0 aliphatic rings. The Kier molecular flexibility index (Phi) is 2.78. The monoisotopic (exact) mass is 238 g/mol. The smallest absolute Gasteiger partial charge is 0.255 e. The van der Waals surface area contributed by atoms with Crippen LogP contribution in [-0.2, 0) is 0 Å². The van der Waals surface area contributed by atoms with Gasteiger partial charge < -0.3 is 10.3 Å². The molecule has 0 saturated carbocycles. The van der Waals surface area contributed by atoms with Crippen LogP contribution in [0.2, 0.25) is 5.15 Å². The molecule has 0 unspecified atom stereocenters. The Balaban J connectivity index is 2.46. The van der Waals surface area contributed by atoms with E-state index in [0.717, 1.165) is 0 Å².